The molecule has 0 aromatic heterocycles. The van der Waals surface area contributed by atoms with E-state index in [2.05, 4.69) is 37.0 Å². The topological polar surface area (TPSA) is 46.5 Å². The average molecular weight is 353 g/mol. The van der Waals surface area contributed by atoms with Crippen LogP contribution in [0.2, 0.25) is 0 Å². The highest BCUT2D eigenvalue weighted by Crippen LogP contribution is 2.09. The minimum Gasteiger partial charge on any atom is -0.481 e. The van der Waals surface area contributed by atoms with Crippen LogP contribution in [0.1, 0.15) is 96.8 Å². The van der Waals surface area contributed by atoms with Gasteiger partial charge in [0.25, 0.3) is 0 Å². The van der Waals surface area contributed by atoms with E-state index >= 15 is 0 Å². The maximum absolute atomic E-state index is 10.3. The number of hydrogen-bond acceptors (Lipinski definition) is 2. The lowest BCUT2D eigenvalue weighted by Crippen LogP contribution is -1.93. The molecule has 0 aliphatic rings. The van der Waals surface area contributed by atoms with Crippen molar-refractivity contribution in [2.45, 2.75) is 96.8 Å². The normalized spacial score (nSPS) is 10.1. The monoisotopic (exact) mass is 352 g/mol. The van der Waals surface area contributed by atoms with E-state index in [0.717, 1.165) is 12.8 Å². The molecule has 0 aromatic rings. The van der Waals surface area contributed by atoms with Crippen LogP contribution in [0.25, 0.3) is 0 Å². The first kappa shape index (κ1) is 25.7. The summed E-state index contributed by atoms with van der Waals surface area (Å²) in [5.74, 6) is -0.664. The van der Waals surface area contributed by atoms with Gasteiger partial charge in [0.2, 0.25) is 0 Å². The molecule has 0 radical (unpaired) electrons. The van der Waals surface area contributed by atoms with Crippen molar-refractivity contribution in [1.29, 1.82) is 0 Å². The molecule has 146 valence electrons. The molecule has 0 heterocycles. The fourth-order valence-corrected chi connectivity index (χ4v) is 2.42. The van der Waals surface area contributed by atoms with E-state index in [4.69, 9.17) is 5.11 Å². The molecule has 0 spiro atoms. The summed E-state index contributed by atoms with van der Waals surface area (Å²) >= 11 is 0. The second kappa shape index (κ2) is 24.7. The van der Waals surface area contributed by atoms with E-state index < -0.39 is 5.97 Å². The summed E-state index contributed by atoms with van der Waals surface area (Å²) in [6.45, 7) is 8.77. The fraction of sp³-hybridized carbons (Fsp3) is 0.682. The third-order valence-electron chi connectivity index (χ3n) is 3.84. The summed E-state index contributed by atoms with van der Waals surface area (Å²) in [4.78, 5) is 10.3. The zero-order chi connectivity index (χ0) is 19.0. The van der Waals surface area contributed by atoms with Gasteiger partial charge in [0.05, 0.1) is 12.5 Å². The minimum atomic E-state index is -0.664. The molecule has 0 fully saturated rings. The van der Waals surface area contributed by atoms with Crippen molar-refractivity contribution < 1.29 is 14.6 Å². The van der Waals surface area contributed by atoms with Gasteiger partial charge in [-0.3, -0.25) is 4.79 Å². The summed E-state index contributed by atoms with van der Waals surface area (Å²) in [5.41, 5.74) is 0. The fourth-order valence-electron chi connectivity index (χ4n) is 2.42. The number of unbranched alkanes of at least 4 members (excludes halogenated alkanes) is 11. The molecule has 0 aliphatic carbocycles. The van der Waals surface area contributed by atoms with Gasteiger partial charge in [-0.15, -0.1) is 0 Å². The van der Waals surface area contributed by atoms with Crippen molar-refractivity contribution in [3.05, 3.63) is 37.8 Å². The lowest BCUT2D eigenvalue weighted by molar-refractivity contribution is -0.137. The van der Waals surface area contributed by atoms with Gasteiger partial charge in [-0.1, -0.05) is 83.6 Å². The maximum atomic E-state index is 10.3. The number of carbonyl (C=O) groups is 1. The predicted octanol–water partition coefficient (Wildman–Crippen LogP) is 7.40. The number of ether oxygens (including phenoxy) is 1. The largest absolute Gasteiger partial charge is 0.481 e. The molecule has 3 heteroatoms. The van der Waals surface area contributed by atoms with E-state index in [0.29, 0.717) is 6.42 Å². The lowest BCUT2D eigenvalue weighted by atomic mass is 10.1. The van der Waals surface area contributed by atoms with Gasteiger partial charge in [0.1, 0.15) is 0 Å². The van der Waals surface area contributed by atoms with Crippen LogP contribution < -0.4 is 0 Å². The third kappa shape index (κ3) is 30.9. The highest BCUT2D eigenvalue weighted by molar-refractivity contribution is 5.66. The van der Waals surface area contributed by atoms with Gasteiger partial charge in [0.15, 0.2) is 0 Å². The Morgan fingerprint density at radius 3 is 1.64 bits per heavy atom. The van der Waals surface area contributed by atoms with Crippen LogP contribution in [-0.2, 0) is 9.53 Å². The Balaban J connectivity index is 0. The molecule has 0 aromatic carbocycles. The van der Waals surface area contributed by atoms with Crippen molar-refractivity contribution in [3.63, 3.8) is 0 Å². The number of hydrogen-bond donors (Lipinski definition) is 1. The molecule has 0 saturated heterocycles. The Kier molecular flexibility index (Phi) is 25.5. The first-order chi connectivity index (χ1) is 12.2. The first-order valence-corrected chi connectivity index (χ1v) is 9.93. The second-order valence-electron chi connectivity index (χ2n) is 6.20. The van der Waals surface area contributed by atoms with Crippen LogP contribution in [0.4, 0.5) is 0 Å². The molecule has 0 atom stereocenters. The Morgan fingerprint density at radius 1 is 0.800 bits per heavy atom. The number of rotatable bonds is 17. The summed E-state index contributed by atoms with van der Waals surface area (Å²) in [6, 6.07) is 0. The van der Waals surface area contributed by atoms with Gasteiger partial charge in [-0.25, -0.2) is 0 Å². The lowest BCUT2D eigenvalue weighted by Gasteiger charge is -1.99. The van der Waals surface area contributed by atoms with Crippen molar-refractivity contribution in [3.8, 4) is 0 Å². The number of allylic oxidation sites excluding steroid dienone is 2. The molecule has 0 bridgehead atoms. The van der Waals surface area contributed by atoms with Crippen molar-refractivity contribution in [2.24, 2.45) is 0 Å². The Labute approximate surface area is 155 Å². The Hall–Kier alpha value is -1.51. The molecule has 0 saturated carbocycles. The van der Waals surface area contributed by atoms with Crippen molar-refractivity contribution >= 4 is 5.97 Å². The molecular weight excluding hydrogens is 312 g/mol. The quantitative estimate of drug-likeness (QED) is 0.168. The van der Waals surface area contributed by atoms with Crippen LogP contribution in [0.15, 0.2) is 37.8 Å². The molecule has 3 nitrogen and oxygen atoms in total. The van der Waals surface area contributed by atoms with Gasteiger partial charge in [-0.2, -0.15) is 0 Å². The molecule has 0 unspecified atom stereocenters. The zero-order valence-electron chi connectivity index (χ0n) is 16.4. The molecule has 0 amide bonds. The molecular formula is C22H40O3. The van der Waals surface area contributed by atoms with Gasteiger partial charge in [-0.05, 0) is 32.1 Å². The zero-order valence-corrected chi connectivity index (χ0v) is 16.4. The smallest absolute Gasteiger partial charge is 0.303 e. The maximum Gasteiger partial charge on any atom is 0.303 e. The number of carboxylic acid groups (broad SMARTS) is 1. The van der Waals surface area contributed by atoms with Crippen molar-refractivity contribution in [2.75, 3.05) is 0 Å². The number of aliphatic carboxylic acids is 1. The average Bonchev–Trinajstić information content (AvgIpc) is 2.59. The Morgan fingerprint density at radius 2 is 1.24 bits per heavy atom. The second-order valence-corrected chi connectivity index (χ2v) is 6.20. The van der Waals surface area contributed by atoms with Gasteiger partial charge < -0.3 is 9.84 Å². The van der Waals surface area contributed by atoms with Crippen LogP contribution in [0, 0.1) is 0 Å². The van der Waals surface area contributed by atoms with Crippen molar-refractivity contribution in [1.82, 2.24) is 0 Å². The van der Waals surface area contributed by atoms with E-state index in [9.17, 15) is 4.79 Å². The number of carboxylic acids is 1. The van der Waals surface area contributed by atoms with E-state index in [-0.39, 0.29) is 0 Å². The van der Waals surface area contributed by atoms with Gasteiger partial charge in [0, 0.05) is 6.42 Å². The molecule has 0 rings (SSSR count). The van der Waals surface area contributed by atoms with Crippen LogP contribution in [0.5, 0.6) is 0 Å². The Bertz CT molecular complexity index is 315. The standard InChI is InChI=1S/C18H34O2.C4H6O/c1-2-3-4-5-6-7-8-9-10-11-12-13-14-15-16-17-18(19)20;1-3-5-4-2/h9-10H,2-8,11-17H2,1H3,(H,19,20);3-4H,1-2H2/b10-9-;. The minimum absolute atomic E-state index is 0.332. The van der Waals surface area contributed by atoms with E-state index in [1.165, 1.54) is 83.2 Å². The highest BCUT2D eigenvalue weighted by Gasteiger charge is 1.95. The van der Waals surface area contributed by atoms with Gasteiger partial charge >= 0.3 is 5.97 Å². The van der Waals surface area contributed by atoms with E-state index in [1.54, 1.807) is 0 Å². The summed E-state index contributed by atoms with van der Waals surface area (Å²) in [5, 5.41) is 8.51. The molecule has 0 aliphatic heterocycles. The molecule has 1 N–H and O–H groups in total. The highest BCUT2D eigenvalue weighted by atomic mass is 16.5. The molecule has 25 heavy (non-hydrogen) atoms. The summed E-state index contributed by atoms with van der Waals surface area (Å²) < 4.78 is 4.36. The van der Waals surface area contributed by atoms with Crippen LogP contribution >= 0.6 is 0 Å². The summed E-state index contributed by atoms with van der Waals surface area (Å²) in [6.07, 6.45) is 23.9. The summed E-state index contributed by atoms with van der Waals surface area (Å²) in [7, 11) is 0. The van der Waals surface area contributed by atoms with E-state index in [1.807, 2.05) is 0 Å². The third-order valence-corrected chi connectivity index (χ3v) is 3.84. The predicted molar refractivity (Wildman–Crippen MR) is 109 cm³/mol. The first-order valence-electron chi connectivity index (χ1n) is 9.93. The van der Waals surface area contributed by atoms with Crippen LogP contribution in [-0.4, -0.2) is 11.1 Å². The SMILES string of the molecule is C=COC=C.CCCCCCCC/C=C\CCCCCCCC(=O)O. The van der Waals surface area contributed by atoms with Crippen LogP contribution in [0.3, 0.4) is 0 Å².